The zero-order chi connectivity index (χ0) is 22.8. The van der Waals surface area contributed by atoms with Crippen molar-refractivity contribution in [3.05, 3.63) is 53.3 Å². The summed E-state index contributed by atoms with van der Waals surface area (Å²) in [5, 5.41) is 6.87. The van der Waals surface area contributed by atoms with Gasteiger partial charge in [0.05, 0.1) is 45.7 Å². The number of aliphatic imine (C=N–C) groups is 1. The van der Waals surface area contributed by atoms with Crippen molar-refractivity contribution in [2.45, 2.75) is 26.4 Å². The maximum absolute atomic E-state index is 5.58. The Bertz CT molecular complexity index is 884. The predicted octanol–water partition coefficient (Wildman–Crippen LogP) is 2.54. The quantitative estimate of drug-likeness (QED) is 0.457. The molecule has 0 spiro atoms. The summed E-state index contributed by atoms with van der Waals surface area (Å²) in [6.45, 7) is 9.35. The van der Waals surface area contributed by atoms with Crippen molar-refractivity contribution in [1.29, 1.82) is 0 Å². The molecule has 0 bridgehead atoms. The van der Waals surface area contributed by atoms with Gasteiger partial charge < -0.3 is 24.8 Å². The predicted molar refractivity (Wildman–Crippen MR) is 126 cm³/mol. The Balaban J connectivity index is 1.78. The first-order valence-corrected chi connectivity index (χ1v) is 11.1. The molecule has 8 nitrogen and oxygen atoms in total. The topological polar surface area (TPSA) is 80.2 Å². The second-order valence-corrected chi connectivity index (χ2v) is 7.62. The third-order valence-electron chi connectivity index (χ3n) is 5.59. The van der Waals surface area contributed by atoms with E-state index in [1.165, 1.54) is 0 Å². The summed E-state index contributed by atoms with van der Waals surface area (Å²) in [4.78, 5) is 11.6. The molecule has 1 atom stereocenters. The normalized spacial score (nSPS) is 15.8. The molecular formula is C24H35N5O3. The molecule has 0 saturated carbocycles. The molecule has 0 radical (unpaired) electrons. The smallest absolute Gasteiger partial charge is 0.191 e. The number of benzene rings is 1. The number of nitrogens with one attached hydrogen (secondary N) is 2. The second-order valence-electron chi connectivity index (χ2n) is 7.62. The van der Waals surface area contributed by atoms with E-state index in [4.69, 9.17) is 19.2 Å². The molecule has 1 saturated heterocycles. The van der Waals surface area contributed by atoms with E-state index in [0.29, 0.717) is 13.1 Å². The molecule has 2 heterocycles. The summed E-state index contributed by atoms with van der Waals surface area (Å²) in [6, 6.07) is 10.3. The van der Waals surface area contributed by atoms with Gasteiger partial charge in [-0.15, -0.1) is 0 Å². The number of hydrogen-bond acceptors (Lipinski definition) is 6. The van der Waals surface area contributed by atoms with E-state index in [1.54, 1.807) is 14.2 Å². The van der Waals surface area contributed by atoms with E-state index in [2.05, 4.69) is 52.6 Å². The number of methoxy groups -OCH3 is 2. The van der Waals surface area contributed by atoms with Gasteiger partial charge in [-0.2, -0.15) is 0 Å². The monoisotopic (exact) mass is 441 g/mol. The molecule has 32 heavy (non-hydrogen) atoms. The molecule has 2 aromatic rings. The van der Waals surface area contributed by atoms with Crippen molar-refractivity contribution in [2.24, 2.45) is 4.99 Å². The summed E-state index contributed by atoms with van der Waals surface area (Å²) < 4.78 is 16.5. The van der Waals surface area contributed by atoms with E-state index < -0.39 is 0 Å². The molecule has 1 aliphatic heterocycles. The van der Waals surface area contributed by atoms with Crippen LogP contribution in [0.2, 0.25) is 0 Å². The summed E-state index contributed by atoms with van der Waals surface area (Å²) in [5.74, 6) is 2.23. The van der Waals surface area contributed by atoms with Crippen molar-refractivity contribution in [2.75, 3.05) is 53.6 Å². The number of pyridine rings is 1. The van der Waals surface area contributed by atoms with Crippen LogP contribution in [0.4, 0.5) is 0 Å². The van der Waals surface area contributed by atoms with Gasteiger partial charge in [-0.05, 0) is 43.2 Å². The van der Waals surface area contributed by atoms with Crippen LogP contribution in [0.15, 0.2) is 41.5 Å². The van der Waals surface area contributed by atoms with Gasteiger partial charge in [0.25, 0.3) is 0 Å². The van der Waals surface area contributed by atoms with Gasteiger partial charge in [0.1, 0.15) is 0 Å². The lowest BCUT2D eigenvalue weighted by Crippen LogP contribution is -2.46. The van der Waals surface area contributed by atoms with Crippen molar-refractivity contribution in [1.82, 2.24) is 20.5 Å². The zero-order valence-electron chi connectivity index (χ0n) is 19.6. The minimum atomic E-state index is 0.138. The average Bonchev–Trinajstić information content (AvgIpc) is 2.84. The molecule has 8 heteroatoms. The van der Waals surface area contributed by atoms with Gasteiger partial charge in [0.2, 0.25) is 0 Å². The fraction of sp³-hybridized carbons (Fsp3) is 0.500. The van der Waals surface area contributed by atoms with Gasteiger partial charge >= 0.3 is 0 Å². The first-order valence-electron chi connectivity index (χ1n) is 11.1. The van der Waals surface area contributed by atoms with Crippen LogP contribution in [-0.2, 0) is 11.3 Å². The van der Waals surface area contributed by atoms with Crippen LogP contribution >= 0.6 is 0 Å². The molecule has 0 aliphatic carbocycles. The largest absolute Gasteiger partial charge is 0.493 e. The van der Waals surface area contributed by atoms with E-state index in [1.807, 2.05) is 18.3 Å². The van der Waals surface area contributed by atoms with E-state index in [-0.39, 0.29) is 6.04 Å². The molecular weight excluding hydrogens is 406 g/mol. The molecule has 1 unspecified atom stereocenters. The first kappa shape index (κ1) is 23.8. The maximum Gasteiger partial charge on any atom is 0.191 e. The van der Waals surface area contributed by atoms with Crippen molar-refractivity contribution in [3.63, 3.8) is 0 Å². The molecule has 2 N–H and O–H groups in total. The number of rotatable bonds is 9. The van der Waals surface area contributed by atoms with Gasteiger partial charge in [-0.1, -0.05) is 12.1 Å². The lowest BCUT2D eigenvalue weighted by atomic mass is 10.0. The van der Waals surface area contributed by atoms with Crippen molar-refractivity contribution >= 4 is 5.96 Å². The maximum atomic E-state index is 5.58. The number of aryl methyl sites for hydroxylation is 1. The molecule has 1 aromatic heterocycles. The zero-order valence-corrected chi connectivity index (χ0v) is 19.6. The van der Waals surface area contributed by atoms with Crippen LogP contribution < -0.4 is 20.1 Å². The molecule has 3 rings (SSSR count). The highest BCUT2D eigenvalue weighted by Gasteiger charge is 2.24. The Hall–Kier alpha value is -2.84. The van der Waals surface area contributed by atoms with Gasteiger partial charge in [0.15, 0.2) is 17.5 Å². The summed E-state index contributed by atoms with van der Waals surface area (Å²) >= 11 is 0. The number of guanidine groups is 1. The fourth-order valence-corrected chi connectivity index (χ4v) is 3.78. The molecule has 1 aromatic carbocycles. The van der Waals surface area contributed by atoms with Crippen LogP contribution in [0.3, 0.4) is 0 Å². The van der Waals surface area contributed by atoms with Gasteiger partial charge in [-0.25, -0.2) is 4.99 Å². The van der Waals surface area contributed by atoms with Crippen molar-refractivity contribution < 1.29 is 14.2 Å². The summed E-state index contributed by atoms with van der Waals surface area (Å²) in [7, 11) is 3.32. The minimum absolute atomic E-state index is 0.138. The van der Waals surface area contributed by atoms with E-state index in [0.717, 1.165) is 67.1 Å². The third-order valence-corrected chi connectivity index (χ3v) is 5.59. The average molecular weight is 442 g/mol. The second kappa shape index (κ2) is 12.3. The molecule has 1 fully saturated rings. The summed E-state index contributed by atoms with van der Waals surface area (Å²) in [6.07, 6.45) is 1.81. The highest BCUT2D eigenvalue weighted by molar-refractivity contribution is 5.79. The highest BCUT2D eigenvalue weighted by atomic mass is 16.5. The van der Waals surface area contributed by atoms with Crippen molar-refractivity contribution in [3.8, 4) is 11.5 Å². The van der Waals surface area contributed by atoms with Gasteiger partial charge in [-0.3, -0.25) is 9.88 Å². The minimum Gasteiger partial charge on any atom is -0.493 e. The van der Waals surface area contributed by atoms with Crippen LogP contribution in [-0.4, -0.2) is 69.5 Å². The Morgan fingerprint density at radius 1 is 1.16 bits per heavy atom. The molecule has 174 valence electrons. The Morgan fingerprint density at radius 2 is 1.94 bits per heavy atom. The number of ether oxygens (including phenoxy) is 3. The Labute approximate surface area is 191 Å². The Kier molecular flexibility index (Phi) is 9.13. The standard InChI is InChI=1S/C24H35N5O3/c1-5-25-24(27-16-20-18(2)7-6-10-26-20)28-17-21(29-11-13-32-14-12-29)19-8-9-22(30-3)23(15-19)31-4/h6-10,15,21H,5,11-14,16-17H2,1-4H3,(H2,25,27,28). The van der Waals surface area contributed by atoms with Crippen LogP contribution in [0.25, 0.3) is 0 Å². The highest BCUT2D eigenvalue weighted by Crippen LogP contribution is 2.32. The van der Waals surface area contributed by atoms with E-state index in [9.17, 15) is 0 Å². The van der Waals surface area contributed by atoms with Gasteiger partial charge in [0, 0.05) is 32.4 Å². The number of hydrogen-bond donors (Lipinski definition) is 2. The fourth-order valence-electron chi connectivity index (χ4n) is 3.78. The lowest BCUT2D eigenvalue weighted by Gasteiger charge is -2.35. The number of nitrogens with zero attached hydrogens (tertiary/aromatic N) is 3. The number of aromatic nitrogens is 1. The van der Waals surface area contributed by atoms with Crippen LogP contribution in [0.5, 0.6) is 11.5 Å². The number of morpholine rings is 1. The lowest BCUT2D eigenvalue weighted by molar-refractivity contribution is 0.0169. The SMILES string of the molecule is CCNC(=NCc1ncccc1C)NCC(c1ccc(OC)c(OC)c1)N1CCOCC1. The summed E-state index contributed by atoms with van der Waals surface area (Å²) in [5.41, 5.74) is 3.28. The first-order chi connectivity index (χ1) is 15.7. The van der Waals surface area contributed by atoms with Crippen LogP contribution in [0.1, 0.15) is 29.8 Å². The Morgan fingerprint density at radius 3 is 2.62 bits per heavy atom. The van der Waals surface area contributed by atoms with Crippen LogP contribution in [0, 0.1) is 6.92 Å². The third kappa shape index (κ3) is 6.34. The molecule has 0 amide bonds. The van der Waals surface area contributed by atoms with E-state index >= 15 is 0 Å². The molecule has 1 aliphatic rings.